The maximum absolute atomic E-state index is 3.37. The topological polar surface area (TPSA) is 24.1 Å². The summed E-state index contributed by atoms with van der Waals surface area (Å²) in [6, 6.07) is 0. The van der Waals surface area contributed by atoms with Crippen molar-refractivity contribution in [3.05, 3.63) is 0 Å². The quantitative estimate of drug-likeness (QED) is 0.465. The van der Waals surface area contributed by atoms with Crippen LogP contribution in [0.25, 0.3) is 0 Å². The van der Waals surface area contributed by atoms with Gasteiger partial charge in [-0.25, -0.2) is 0 Å². The van der Waals surface area contributed by atoms with E-state index in [1.165, 1.54) is 25.4 Å². The zero-order valence-electron chi connectivity index (χ0n) is 5.74. The van der Waals surface area contributed by atoms with Crippen molar-refractivity contribution in [1.29, 1.82) is 0 Å². The molecule has 0 radical (unpaired) electrons. The molecule has 0 atom stereocenters. The molecule has 0 bridgehead atoms. The van der Waals surface area contributed by atoms with Crippen molar-refractivity contribution in [2.75, 3.05) is 38.5 Å². The Morgan fingerprint density at radius 2 is 1.33 bits per heavy atom. The average Bonchev–Trinajstić information content (AvgIpc) is 2.00. The first-order valence-corrected chi connectivity index (χ1v) is 5.04. The van der Waals surface area contributed by atoms with Gasteiger partial charge in [-0.15, -0.1) is 8.58 Å². The maximum atomic E-state index is 3.37. The van der Waals surface area contributed by atoms with Crippen molar-refractivity contribution in [3.63, 3.8) is 0 Å². The van der Waals surface area contributed by atoms with E-state index in [2.05, 4.69) is 10.6 Å². The predicted molar refractivity (Wildman–Crippen MR) is 43.8 cm³/mol. The lowest BCUT2D eigenvalue weighted by atomic mass is 10.6. The number of rotatable bonds is 0. The van der Waals surface area contributed by atoms with E-state index in [0.29, 0.717) is 0 Å². The molecule has 0 saturated carbocycles. The second kappa shape index (κ2) is 5.16. The Morgan fingerprint density at radius 3 is 1.89 bits per heavy atom. The van der Waals surface area contributed by atoms with Crippen LogP contribution in [0.1, 0.15) is 0 Å². The molecule has 1 aliphatic heterocycles. The molecule has 54 valence electrons. The molecule has 1 rings (SSSR count). The Morgan fingerprint density at radius 1 is 0.778 bits per heavy atom. The Hall–Kier alpha value is 0.350. The van der Waals surface area contributed by atoms with E-state index in [1.807, 2.05) is 0 Å². The third-order valence-electron chi connectivity index (χ3n) is 1.44. The van der Waals surface area contributed by atoms with Crippen LogP contribution in [0.3, 0.4) is 0 Å². The van der Waals surface area contributed by atoms with Crippen molar-refractivity contribution >= 4 is 8.58 Å². The van der Waals surface area contributed by atoms with Gasteiger partial charge < -0.3 is 10.6 Å². The van der Waals surface area contributed by atoms with Gasteiger partial charge in [-0.05, 0) is 25.4 Å². The molecule has 0 aromatic heterocycles. The van der Waals surface area contributed by atoms with Crippen LogP contribution in [0.4, 0.5) is 0 Å². The largest absolute Gasteiger partial charge is 0.315 e. The fraction of sp³-hybridized carbons (Fsp3) is 1.00. The van der Waals surface area contributed by atoms with Gasteiger partial charge in [0, 0.05) is 13.1 Å². The van der Waals surface area contributed by atoms with Crippen LogP contribution in [0.2, 0.25) is 0 Å². The molecule has 9 heavy (non-hydrogen) atoms. The van der Waals surface area contributed by atoms with Crippen LogP contribution < -0.4 is 10.6 Å². The van der Waals surface area contributed by atoms with Crippen LogP contribution in [-0.2, 0) is 0 Å². The molecule has 0 unspecified atom stereocenters. The minimum atomic E-state index is 1.14. The summed E-state index contributed by atoms with van der Waals surface area (Å²) in [5.41, 5.74) is 0. The van der Waals surface area contributed by atoms with Gasteiger partial charge in [-0.2, -0.15) is 0 Å². The smallest absolute Gasteiger partial charge is 0.00768 e. The minimum Gasteiger partial charge on any atom is -0.315 e. The van der Waals surface area contributed by atoms with Crippen LogP contribution >= 0.6 is 8.58 Å². The highest BCUT2D eigenvalue weighted by Gasteiger charge is 1.93. The van der Waals surface area contributed by atoms with Gasteiger partial charge >= 0.3 is 0 Å². The van der Waals surface area contributed by atoms with E-state index < -0.39 is 0 Å². The van der Waals surface area contributed by atoms with Crippen molar-refractivity contribution in [1.82, 2.24) is 10.6 Å². The van der Waals surface area contributed by atoms with Gasteiger partial charge in [-0.3, -0.25) is 0 Å². The summed E-state index contributed by atoms with van der Waals surface area (Å²) in [6.07, 6.45) is 2.75. The van der Waals surface area contributed by atoms with Gasteiger partial charge in [0.25, 0.3) is 0 Å². The molecule has 0 aromatic carbocycles. The van der Waals surface area contributed by atoms with Gasteiger partial charge in [-0.1, -0.05) is 0 Å². The van der Waals surface area contributed by atoms with Gasteiger partial charge in [0.15, 0.2) is 0 Å². The van der Waals surface area contributed by atoms with Crippen molar-refractivity contribution in [2.24, 2.45) is 0 Å². The molecule has 1 aliphatic rings. The normalized spacial score (nSPS) is 24.0. The van der Waals surface area contributed by atoms with E-state index in [9.17, 15) is 0 Å². The van der Waals surface area contributed by atoms with Gasteiger partial charge in [0.05, 0.1) is 0 Å². The highest BCUT2D eigenvalue weighted by Crippen LogP contribution is 2.05. The molecular weight excluding hydrogens is 131 g/mol. The Kier molecular flexibility index (Phi) is 4.28. The van der Waals surface area contributed by atoms with Crippen molar-refractivity contribution in [2.45, 2.75) is 0 Å². The summed E-state index contributed by atoms with van der Waals surface area (Å²) in [6.45, 7) is 4.73. The zero-order valence-corrected chi connectivity index (χ0v) is 6.74. The SMILES string of the molecule is C1CNCCPCCN1. The molecule has 2 N–H and O–H groups in total. The first-order chi connectivity index (χ1) is 4.50. The van der Waals surface area contributed by atoms with E-state index in [-0.39, 0.29) is 0 Å². The maximum Gasteiger partial charge on any atom is 0.00768 e. The molecule has 1 heterocycles. The second-order valence-corrected chi connectivity index (χ2v) is 3.75. The molecule has 0 amide bonds. The summed E-state index contributed by atoms with van der Waals surface area (Å²) >= 11 is 0. The highest BCUT2D eigenvalue weighted by molar-refractivity contribution is 7.38. The summed E-state index contributed by atoms with van der Waals surface area (Å²) in [4.78, 5) is 0. The summed E-state index contributed by atoms with van der Waals surface area (Å²) in [7, 11) is 1.16. The lowest BCUT2D eigenvalue weighted by Gasteiger charge is -1.99. The van der Waals surface area contributed by atoms with Gasteiger partial charge in [0.1, 0.15) is 0 Å². The van der Waals surface area contributed by atoms with E-state index in [0.717, 1.165) is 21.7 Å². The van der Waals surface area contributed by atoms with Crippen LogP contribution in [0.15, 0.2) is 0 Å². The van der Waals surface area contributed by atoms with E-state index in [1.54, 1.807) is 0 Å². The first kappa shape index (κ1) is 7.46. The number of hydrogen-bond acceptors (Lipinski definition) is 2. The lowest BCUT2D eigenvalue weighted by Crippen LogP contribution is -2.27. The lowest BCUT2D eigenvalue weighted by molar-refractivity contribution is 0.652. The highest BCUT2D eigenvalue weighted by atomic mass is 31.1. The third-order valence-corrected chi connectivity index (χ3v) is 2.64. The molecule has 0 aliphatic carbocycles. The fourth-order valence-electron chi connectivity index (χ4n) is 0.905. The Labute approximate surface area is 58.6 Å². The second-order valence-electron chi connectivity index (χ2n) is 2.25. The van der Waals surface area contributed by atoms with Crippen LogP contribution in [-0.4, -0.2) is 38.5 Å². The Bertz CT molecular complexity index is 39.5. The molecule has 0 spiro atoms. The fourth-order valence-corrected chi connectivity index (χ4v) is 1.86. The van der Waals surface area contributed by atoms with Crippen LogP contribution in [0.5, 0.6) is 0 Å². The number of hydrogen-bond donors (Lipinski definition) is 2. The van der Waals surface area contributed by atoms with Crippen molar-refractivity contribution < 1.29 is 0 Å². The third kappa shape index (κ3) is 3.85. The average molecular weight is 146 g/mol. The monoisotopic (exact) mass is 146 g/mol. The molecular formula is C6H15N2P. The molecule has 2 nitrogen and oxygen atoms in total. The molecule has 0 aromatic rings. The van der Waals surface area contributed by atoms with E-state index in [4.69, 9.17) is 0 Å². The standard InChI is InChI=1S/C6H15N2P/c1-2-8-4-6-9-5-3-7-1/h7-9H,1-6H2. The minimum absolute atomic E-state index is 1.14. The van der Waals surface area contributed by atoms with Crippen molar-refractivity contribution in [3.8, 4) is 0 Å². The first-order valence-electron chi connectivity index (χ1n) is 3.62. The zero-order chi connectivity index (χ0) is 6.36. The molecule has 1 saturated heterocycles. The summed E-state index contributed by atoms with van der Waals surface area (Å²) in [5.74, 6) is 0. The Balaban J connectivity index is 2.02. The van der Waals surface area contributed by atoms with E-state index >= 15 is 0 Å². The summed E-state index contributed by atoms with van der Waals surface area (Å²) < 4.78 is 0. The summed E-state index contributed by atoms with van der Waals surface area (Å²) in [5, 5.41) is 6.74. The molecule has 3 heteroatoms. The molecule has 1 fully saturated rings. The van der Waals surface area contributed by atoms with Crippen LogP contribution in [0, 0.1) is 0 Å². The predicted octanol–water partition coefficient (Wildman–Crippen LogP) is -0.142. The van der Waals surface area contributed by atoms with Gasteiger partial charge in [0.2, 0.25) is 0 Å². The number of nitrogens with one attached hydrogen (secondary N) is 2.